The van der Waals surface area contributed by atoms with Crippen molar-refractivity contribution in [2.45, 2.75) is 13.0 Å². The predicted octanol–water partition coefficient (Wildman–Crippen LogP) is 3.73. The highest BCUT2D eigenvalue weighted by atomic mass is 19.1. The molecule has 0 amide bonds. The smallest absolute Gasteiger partial charge is 0.246 e. The molecule has 27 heavy (non-hydrogen) atoms. The van der Waals surface area contributed by atoms with E-state index in [1.54, 1.807) is 13.2 Å². The Morgan fingerprint density at radius 3 is 2.70 bits per heavy atom. The van der Waals surface area contributed by atoms with Crippen molar-refractivity contribution in [3.63, 3.8) is 0 Å². The van der Waals surface area contributed by atoms with E-state index in [1.165, 1.54) is 6.07 Å². The second-order valence-electron chi connectivity index (χ2n) is 6.57. The summed E-state index contributed by atoms with van der Waals surface area (Å²) in [4.78, 5) is 8.74. The molecule has 0 aliphatic carbocycles. The maximum Gasteiger partial charge on any atom is 0.246 e. The molecule has 0 bridgehead atoms. The van der Waals surface area contributed by atoms with E-state index in [2.05, 4.69) is 19.9 Å². The first-order valence-corrected chi connectivity index (χ1v) is 8.86. The van der Waals surface area contributed by atoms with E-state index in [4.69, 9.17) is 9.26 Å². The number of ether oxygens (including phenoxy) is 1. The lowest BCUT2D eigenvalue weighted by Crippen LogP contribution is -2.23. The van der Waals surface area contributed by atoms with Crippen molar-refractivity contribution >= 4 is 11.4 Å². The van der Waals surface area contributed by atoms with Crippen LogP contribution in [0.2, 0.25) is 0 Å². The van der Waals surface area contributed by atoms with Gasteiger partial charge in [-0.05, 0) is 48.9 Å². The quantitative estimate of drug-likeness (QED) is 0.699. The summed E-state index contributed by atoms with van der Waals surface area (Å²) in [5, 5.41) is 4.08. The van der Waals surface area contributed by atoms with Gasteiger partial charge in [-0.25, -0.2) is 4.39 Å². The summed E-state index contributed by atoms with van der Waals surface area (Å²) in [6.45, 7) is 2.14. The third-order valence-corrected chi connectivity index (χ3v) is 4.75. The van der Waals surface area contributed by atoms with Gasteiger partial charge < -0.3 is 19.1 Å². The zero-order chi connectivity index (χ0) is 18.8. The standard InChI is InChI=1S/C20H21FN4O2/c1-24-10-3-11-25(18-12-15(21)6-9-17(18)24)13-19-22-20(23-27-19)14-4-7-16(26-2)8-5-14/h4-9,12H,3,10-11,13H2,1-2H3. The van der Waals surface area contributed by atoms with Crippen molar-refractivity contribution in [2.75, 3.05) is 37.0 Å². The third kappa shape index (κ3) is 3.58. The first kappa shape index (κ1) is 17.3. The number of rotatable bonds is 4. The van der Waals surface area contributed by atoms with Crippen LogP contribution in [0.15, 0.2) is 47.0 Å². The van der Waals surface area contributed by atoms with E-state index in [0.717, 1.165) is 42.2 Å². The monoisotopic (exact) mass is 368 g/mol. The first-order valence-electron chi connectivity index (χ1n) is 8.86. The molecule has 1 aromatic heterocycles. The first-order chi connectivity index (χ1) is 13.1. The summed E-state index contributed by atoms with van der Waals surface area (Å²) in [5.41, 5.74) is 2.70. The predicted molar refractivity (Wildman–Crippen MR) is 102 cm³/mol. The molecule has 2 aromatic carbocycles. The lowest BCUT2D eigenvalue weighted by Gasteiger charge is -2.24. The van der Waals surface area contributed by atoms with E-state index in [0.29, 0.717) is 18.3 Å². The van der Waals surface area contributed by atoms with Gasteiger partial charge in [0.25, 0.3) is 0 Å². The minimum Gasteiger partial charge on any atom is -0.497 e. The Kier molecular flexibility index (Phi) is 4.66. The molecule has 2 heterocycles. The highest BCUT2D eigenvalue weighted by Gasteiger charge is 2.21. The summed E-state index contributed by atoms with van der Waals surface area (Å²) < 4.78 is 24.5. The van der Waals surface area contributed by atoms with Crippen molar-refractivity contribution in [3.8, 4) is 17.1 Å². The van der Waals surface area contributed by atoms with Gasteiger partial charge in [-0.1, -0.05) is 5.16 Å². The van der Waals surface area contributed by atoms with Crippen molar-refractivity contribution in [1.82, 2.24) is 10.1 Å². The van der Waals surface area contributed by atoms with Crippen LogP contribution in [0.5, 0.6) is 5.75 Å². The van der Waals surface area contributed by atoms with Crippen LogP contribution in [-0.4, -0.2) is 37.4 Å². The highest BCUT2D eigenvalue weighted by Crippen LogP contribution is 2.33. The molecule has 0 saturated carbocycles. The van der Waals surface area contributed by atoms with Crippen molar-refractivity contribution in [2.24, 2.45) is 0 Å². The number of methoxy groups -OCH3 is 1. The van der Waals surface area contributed by atoms with Gasteiger partial charge in [-0.15, -0.1) is 0 Å². The van der Waals surface area contributed by atoms with Crippen LogP contribution in [0.1, 0.15) is 12.3 Å². The molecule has 0 fully saturated rings. The Balaban J connectivity index is 1.58. The Morgan fingerprint density at radius 1 is 1.11 bits per heavy atom. The number of anilines is 2. The molecule has 0 spiro atoms. The van der Waals surface area contributed by atoms with Crippen LogP contribution in [-0.2, 0) is 6.54 Å². The molecule has 0 saturated heterocycles. The fraction of sp³-hybridized carbons (Fsp3) is 0.300. The Hall–Kier alpha value is -3.09. The Bertz CT molecular complexity index is 926. The van der Waals surface area contributed by atoms with Crippen molar-refractivity contribution in [1.29, 1.82) is 0 Å². The van der Waals surface area contributed by atoms with Gasteiger partial charge in [-0.3, -0.25) is 0 Å². The highest BCUT2D eigenvalue weighted by molar-refractivity contribution is 5.72. The summed E-state index contributed by atoms with van der Waals surface area (Å²) in [5.74, 6) is 1.55. The third-order valence-electron chi connectivity index (χ3n) is 4.75. The summed E-state index contributed by atoms with van der Waals surface area (Å²) in [6, 6.07) is 12.4. The van der Waals surface area contributed by atoms with Crippen LogP contribution in [0.4, 0.5) is 15.8 Å². The molecule has 4 rings (SSSR count). The zero-order valence-electron chi connectivity index (χ0n) is 15.4. The van der Waals surface area contributed by atoms with E-state index in [-0.39, 0.29) is 5.82 Å². The second-order valence-corrected chi connectivity index (χ2v) is 6.57. The van der Waals surface area contributed by atoms with Gasteiger partial charge in [0.15, 0.2) is 0 Å². The van der Waals surface area contributed by atoms with E-state index in [9.17, 15) is 4.39 Å². The molecular formula is C20H21FN4O2. The van der Waals surface area contributed by atoms with Gasteiger partial charge in [-0.2, -0.15) is 4.98 Å². The molecular weight excluding hydrogens is 347 g/mol. The lowest BCUT2D eigenvalue weighted by atomic mass is 10.2. The number of halogens is 1. The Labute approximate surface area is 157 Å². The minimum atomic E-state index is -0.251. The van der Waals surface area contributed by atoms with E-state index in [1.807, 2.05) is 37.4 Å². The molecule has 6 nitrogen and oxygen atoms in total. The fourth-order valence-corrected chi connectivity index (χ4v) is 3.32. The lowest BCUT2D eigenvalue weighted by molar-refractivity contribution is 0.376. The van der Waals surface area contributed by atoms with Crippen LogP contribution in [0, 0.1) is 5.82 Å². The topological polar surface area (TPSA) is 54.6 Å². The number of benzene rings is 2. The summed E-state index contributed by atoms with van der Waals surface area (Å²) in [7, 11) is 3.65. The number of nitrogens with zero attached hydrogens (tertiary/aromatic N) is 4. The number of aromatic nitrogens is 2. The Morgan fingerprint density at radius 2 is 1.93 bits per heavy atom. The molecule has 0 atom stereocenters. The average molecular weight is 368 g/mol. The molecule has 0 N–H and O–H groups in total. The van der Waals surface area contributed by atoms with Crippen molar-refractivity contribution < 1.29 is 13.7 Å². The van der Waals surface area contributed by atoms with Gasteiger partial charge in [0, 0.05) is 25.7 Å². The average Bonchev–Trinajstić information content (AvgIpc) is 3.09. The van der Waals surface area contributed by atoms with Crippen molar-refractivity contribution in [3.05, 3.63) is 54.2 Å². The van der Waals surface area contributed by atoms with Crippen LogP contribution in [0.25, 0.3) is 11.4 Å². The molecule has 140 valence electrons. The molecule has 1 aliphatic rings. The maximum absolute atomic E-state index is 13.8. The van der Waals surface area contributed by atoms with Crippen LogP contribution in [0.3, 0.4) is 0 Å². The van der Waals surface area contributed by atoms with Crippen LogP contribution < -0.4 is 14.5 Å². The van der Waals surface area contributed by atoms with E-state index < -0.39 is 0 Å². The largest absolute Gasteiger partial charge is 0.497 e. The van der Waals surface area contributed by atoms with E-state index >= 15 is 0 Å². The second kappa shape index (κ2) is 7.26. The summed E-state index contributed by atoms with van der Waals surface area (Å²) >= 11 is 0. The summed E-state index contributed by atoms with van der Waals surface area (Å²) in [6.07, 6.45) is 0.965. The van der Waals surface area contributed by atoms with Gasteiger partial charge in [0.2, 0.25) is 11.7 Å². The molecule has 0 unspecified atom stereocenters. The zero-order valence-corrected chi connectivity index (χ0v) is 15.4. The molecule has 7 heteroatoms. The molecule has 0 radical (unpaired) electrons. The maximum atomic E-state index is 13.8. The SMILES string of the molecule is COc1ccc(-c2noc(CN3CCCN(C)c4ccc(F)cc43)n2)cc1. The fourth-order valence-electron chi connectivity index (χ4n) is 3.32. The molecule has 1 aliphatic heterocycles. The number of hydrogen-bond acceptors (Lipinski definition) is 6. The molecule has 3 aromatic rings. The van der Waals surface area contributed by atoms with Crippen LogP contribution >= 0.6 is 0 Å². The van der Waals surface area contributed by atoms with Gasteiger partial charge >= 0.3 is 0 Å². The number of hydrogen-bond donors (Lipinski definition) is 0. The normalized spacial score (nSPS) is 14.0. The number of fused-ring (bicyclic) bond motifs is 1. The van der Waals surface area contributed by atoms with Gasteiger partial charge in [0.1, 0.15) is 11.6 Å². The minimum absolute atomic E-state index is 0.251. The van der Waals surface area contributed by atoms with Gasteiger partial charge in [0.05, 0.1) is 25.0 Å².